The van der Waals surface area contributed by atoms with Gasteiger partial charge in [0, 0.05) is 60.0 Å². The number of ether oxygens (including phenoxy) is 6. The van der Waals surface area contributed by atoms with Gasteiger partial charge in [-0.05, 0) is 54.7 Å². The Kier molecular flexibility index (Phi) is 7.45. The van der Waals surface area contributed by atoms with E-state index in [0.717, 1.165) is 22.3 Å². The number of nitrogens with one attached hydrogen (secondary N) is 1. The molecule has 14 nitrogen and oxygen atoms in total. The highest BCUT2D eigenvalue weighted by atomic mass is 32.2. The zero-order chi connectivity index (χ0) is 37.5. The fourth-order valence-corrected chi connectivity index (χ4v) is 12.3. The van der Waals surface area contributed by atoms with Crippen molar-refractivity contribution in [1.29, 1.82) is 0 Å². The number of hydrogen-bond donors (Lipinski definition) is 4. The number of carbonyl (C=O) groups excluding carboxylic acids is 2. The fourth-order valence-electron chi connectivity index (χ4n) is 10.6. The van der Waals surface area contributed by atoms with Crippen LogP contribution in [0.4, 0.5) is 0 Å². The number of thioether (sulfide) groups is 1. The molecule has 1 spiro atoms. The third-order valence-electron chi connectivity index (χ3n) is 12.7. The number of methoxy groups -OCH3 is 2. The Morgan fingerprint density at radius 3 is 2.57 bits per heavy atom. The average molecular weight is 760 g/mol. The molecular weight excluding hydrogens is 719 g/mol. The lowest BCUT2D eigenvalue weighted by Gasteiger charge is -2.69. The molecule has 4 unspecified atom stereocenters. The molecular formula is C39H41N3O11S. The largest absolute Gasteiger partial charge is 0.504 e. The summed E-state index contributed by atoms with van der Waals surface area (Å²) in [5, 5.41) is 38.3. The summed E-state index contributed by atoms with van der Waals surface area (Å²) in [6, 6.07) is 3.42. The monoisotopic (exact) mass is 759 g/mol. The number of aliphatic hydroxyl groups is 1. The molecule has 0 aromatic heterocycles. The van der Waals surface area contributed by atoms with E-state index in [1.54, 1.807) is 19.2 Å². The highest BCUT2D eigenvalue weighted by molar-refractivity contribution is 7.99. The fraction of sp³-hybridized carbons (Fsp3) is 0.487. The molecule has 0 aliphatic carbocycles. The highest BCUT2D eigenvalue weighted by Crippen LogP contribution is 2.68. The third-order valence-corrected chi connectivity index (χ3v) is 14.2. The summed E-state index contributed by atoms with van der Waals surface area (Å²) in [5.74, 6) is 1.02. The van der Waals surface area contributed by atoms with E-state index < -0.39 is 47.1 Å². The van der Waals surface area contributed by atoms with Crippen LogP contribution in [0.1, 0.15) is 74.7 Å². The van der Waals surface area contributed by atoms with Crippen molar-refractivity contribution >= 4 is 23.7 Å². The van der Waals surface area contributed by atoms with Crippen molar-refractivity contribution in [2.45, 2.75) is 74.3 Å². The number of fused-ring (bicyclic) bond motifs is 8. The summed E-state index contributed by atoms with van der Waals surface area (Å²) in [6.45, 7) is 6.01. The Labute approximate surface area is 315 Å². The molecule has 3 aromatic carbocycles. The van der Waals surface area contributed by atoms with Gasteiger partial charge in [0.15, 0.2) is 40.0 Å². The lowest BCUT2D eigenvalue weighted by molar-refractivity contribution is -0.228. The molecule has 3 saturated heterocycles. The van der Waals surface area contributed by atoms with Crippen LogP contribution in [0.25, 0.3) is 0 Å². The molecule has 4 N–H and O–H groups in total. The Morgan fingerprint density at radius 2 is 1.81 bits per heavy atom. The number of piperazine rings is 1. The Hall–Kier alpha value is -4.41. The zero-order valence-electron chi connectivity index (χ0n) is 30.4. The van der Waals surface area contributed by atoms with Crippen LogP contribution in [0.15, 0.2) is 18.2 Å². The minimum absolute atomic E-state index is 0.0181. The maximum absolute atomic E-state index is 14.7. The van der Waals surface area contributed by atoms with Gasteiger partial charge in [0.25, 0.3) is 0 Å². The van der Waals surface area contributed by atoms with Gasteiger partial charge in [-0.2, -0.15) is 0 Å². The van der Waals surface area contributed by atoms with Crippen molar-refractivity contribution < 1.29 is 53.3 Å². The first-order valence-electron chi connectivity index (χ1n) is 18.2. The van der Waals surface area contributed by atoms with Gasteiger partial charge >= 0.3 is 11.9 Å². The molecule has 6 bridgehead atoms. The van der Waals surface area contributed by atoms with Crippen LogP contribution >= 0.6 is 11.8 Å². The van der Waals surface area contributed by atoms with Crippen molar-refractivity contribution in [3.63, 3.8) is 0 Å². The van der Waals surface area contributed by atoms with E-state index in [2.05, 4.69) is 16.3 Å². The van der Waals surface area contributed by atoms with E-state index in [4.69, 9.17) is 28.4 Å². The lowest BCUT2D eigenvalue weighted by Crippen LogP contribution is -2.77. The van der Waals surface area contributed by atoms with Crippen molar-refractivity contribution in [2.24, 2.45) is 0 Å². The topological polar surface area (TPSA) is 169 Å². The minimum atomic E-state index is -1.35. The standard InChI is InChI=1S/C39H41N3O11S/c1-15-8-19-20-11-41-28(20)37(46)42-22-12-50-38(47)39(21-10-24(48-4)23(44)9-18(21)6-7-40-39)13-54-36(30(42)29(41)25(19)31(45)32(15)49-5)27-26(22)35-34(51-14-52-35)16(2)33(27)53-17(3)43/h8-10,20,22,28-30,36-37,40,44-46H,6-7,11-14H2,1-5H3/t20?,22-,28+,29-,30?,36-,37?,39-/m1/s1. The first kappa shape index (κ1) is 34.1. The molecule has 8 aliphatic rings. The summed E-state index contributed by atoms with van der Waals surface area (Å²) in [4.78, 5) is 31.9. The van der Waals surface area contributed by atoms with Gasteiger partial charge in [-0.25, -0.2) is 4.79 Å². The maximum atomic E-state index is 14.7. The average Bonchev–Trinajstić information content (AvgIpc) is 3.63. The quantitative estimate of drug-likeness (QED) is 0.227. The number of aliphatic hydroxyl groups excluding tert-OH is 1. The number of phenolic OH excluding ortho intramolecular Hbond substituents is 2. The summed E-state index contributed by atoms with van der Waals surface area (Å²) >= 11 is 1.48. The van der Waals surface area contributed by atoms with E-state index in [-0.39, 0.29) is 48.4 Å². The Morgan fingerprint density at radius 1 is 1.02 bits per heavy atom. The van der Waals surface area contributed by atoms with Crippen LogP contribution in [0.3, 0.4) is 0 Å². The summed E-state index contributed by atoms with van der Waals surface area (Å²) in [7, 11) is 3.01. The number of aromatic hydroxyl groups is 2. The third kappa shape index (κ3) is 4.27. The van der Waals surface area contributed by atoms with Crippen LogP contribution in [-0.4, -0.2) is 102 Å². The number of hydrogen-bond acceptors (Lipinski definition) is 15. The lowest BCUT2D eigenvalue weighted by atomic mass is 9.64. The van der Waals surface area contributed by atoms with Crippen LogP contribution < -0.4 is 29.0 Å². The maximum Gasteiger partial charge on any atom is 0.331 e. The molecule has 15 heteroatoms. The summed E-state index contributed by atoms with van der Waals surface area (Å²) < 4.78 is 36.0. The molecule has 3 fully saturated rings. The van der Waals surface area contributed by atoms with Gasteiger partial charge in [-0.1, -0.05) is 6.07 Å². The number of carbonyl (C=O) groups is 2. The molecule has 0 saturated carbocycles. The van der Waals surface area contributed by atoms with E-state index in [9.17, 15) is 24.9 Å². The van der Waals surface area contributed by atoms with E-state index >= 15 is 0 Å². The second kappa shape index (κ2) is 11.8. The normalized spacial score (nSPS) is 32.4. The molecule has 11 rings (SSSR count). The van der Waals surface area contributed by atoms with Crippen molar-refractivity contribution in [1.82, 2.24) is 15.1 Å². The molecule has 0 amide bonds. The molecule has 3 aromatic rings. The van der Waals surface area contributed by atoms with E-state index in [1.165, 1.54) is 25.8 Å². The first-order valence-corrected chi connectivity index (χ1v) is 19.3. The summed E-state index contributed by atoms with van der Waals surface area (Å²) in [5.41, 5.74) is 4.57. The van der Waals surface area contributed by atoms with Crippen LogP contribution in [0.2, 0.25) is 0 Å². The number of phenols is 2. The van der Waals surface area contributed by atoms with Gasteiger partial charge < -0.3 is 43.7 Å². The molecule has 9 atom stereocenters. The molecule has 54 heavy (non-hydrogen) atoms. The van der Waals surface area contributed by atoms with Crippen LogP contribution in [0, 0.1) is 13.8 Å². The van der Waals surface area contributed by atoms with Crippen molar-refractivity contribution in [2.75, 3.05) is 46.5 Å². The second-order valence-electron chi connectivity index (χ2n) is 15.2. The SMILES string of the molecule is COc1cc2c(cc1O)CCN[C@]21CS[C@@H]2c3c(OC(C)=O)c(C)c4c(c3[C@@H](COC1=O)N1C(O)[C@@H]3C5CN3[C@H](c3c5cc(C)c(OC)c3O)C21)OCO4. The molecule has 0 radical (unpaired) electrons. The number of benzene rings is 3. The smallest absolute Gasteiger partial charge is 0.331 e. The summed E-state index contributed by atoms with van der Waals surface area (Å²) in [6.07, 6.45) is -0.423. The molecule has 284 valence electrons. The minimum Gasteiger partial charge on any atom is -0.504 e. The predicted octanol–water partition coefficient (Wildman–Crippen LogP) is 3.34. The van der Waals surface area contributed by atoms with Crippen molar-refractivity contribution in [3.8, 4) is 40.2 Å². The van der Waals surface area contributed by atoms with Crippen LogP contribution in [-0.2, 0) is 26.3 Å². The van der Waals surface area contributed by atoms with Gasteiger partial charge in [-0.15, -0.1) is 11.8 Å². The number of nitrogens with zero attached hydrogens (tertiary/aromatic N) is 2. The molecule has 8 heterocycles. The van der Waals surface area contributed by atoms with E-state index in [0.29, 0.717) is 64.8 Å². The predicted molar refractivity (Wildman–Crippen MR) is 193 cm³/mol. The van der Waals surface area contributed by atoms with E-state index in [1.807, 2.05) is 18.7 Å². The van der Waals surface area contributed by atoms with Crippen LogP contribution in [0.5, 0.6) is 40.2 Å². The number of aryl methyl sites for hydroxylation is 1. The highest BCUT2D eigenvalue weighted by Gasteiger charge is 2.67. The Balaban J connectivity index is 1.24. The van der Waals surface area contributed by atoms with Crippen molar-refractivity contribution in [3.05, 3.63) is 62.7 Å². The Bertz CT molecular complexity index is 2180. The van der Waals surface area contributed by atoms with Gasteiger partial charge in [0.2, 0.25) is 6.79 Å². The zero-order valence-corrected chi connectivity index (χ0v) is 31.2. The van der Waals surface area contributed by atoms with Gasteiger partial charge in [-0.3, -0.25) is 19.9 Å². The van der Waals surface area contributed by atoms with Gasteiger partial charge in [0.1, 0.15) is 18.6 Å². The second-order valence-corrected chi connectivity index (χ2v) is 16.3. The number of rotatable bonds is 3. The first-order chi connectivity index (χ1) is 26.0. The number of esters is 2. The molecule has 8 aliphatic heterocycles. The van der Waals surface area contributed by atoms with Gasteiger partial charge in [0.05, 0.1) is 37.6 Å².